The lowest BCUT2D eigenvalue weighted by Crippen LogP contribution is -2.45. The molecule has 2 amide bonds. The van der Waals surface area contributed by atoms with Crippen LogP contribution in [0.3, 0.4) is 0 Å². The van der Waals surface area contributed by atoms with Crippen molar-refractivity contribution in [2.75, 3.05) is 26.2 Å². The highest BCUT2D eigenvalue weighted by Crippen LogP contribution is 2.19. The van der Waals surface area contributed by atoms with Crippen molar-refractivity contribution in [3.05, 3.63) is 0 Å². The van der Waals surface area contributed by atoms with Gasteiger partial charge in [-0.05, 0) is 19.8 Å². The average Bonchev–Trinajstić information content (AvgIpc) is 2.70. The van der Waals surface area contributed by atoms with E-state index in [0.29, 0.717) is 19.0 Å². The fourth-order valence-corrected chi connectivity index (χ4v) is 2.06. The van der Waals surface area contributed by atoms with E-state index in [1.165, 1.54) is 4.90 Å². The van der Waals surface area contributed by atoms with E-state index in [9.17, 15) is 9.59 Å². The van der Waals surface area contributed by atoms with Gasteiger partial charge in [-0.25, -0.2) is 4.79 Å². The van der Waals surface area contributed by atoms with Crippen molar-refractivity contribution in [2.45, 2.75) is 32.8 Å². The molecule has 1 saturated heterocycles. The predicted molar refractivity (Wildman–Crippen MR) is 66.4 cm³/mol. The summed E-state index contributed by atoms with van der Waals surface area (Å²) < 4.78 is 5.41. The summed E-state index contributed by atoms with van der Waals surface area (Å²) >= 11 is 0. The van der Waals surface area contributed by atoms with Gasteiger partial charge in [0.05, 0.1) is 6.10 Å². The van der Waals surface area contributed by atoms with Crippen molar-refractivity contribution >= 4 is 12.0 Å². The van der Waals surface area contributed by atoms with Gasteiger partial charge in [0.1, 0.15) is 6.54 Å². The largest absolute Gasteiger partial charge is 0.480 e. The summed E-state index contributed by atoms with van der Waals surface area (Å²) in [7, 11) is 0. The third kappa shape index (κ3) is 4.52. The molecule has 0 spiro atoms. The van der Waals surface area contributed by atoms with E-state index in [1.54, 1.807) is 0 Å². The van der Waals surface area contributed by atoms with Crippen molar-refractivity contribution in [2.24, 2.45) is 5.92 Å². The molecular formula is C12H22N2O4. The maximum absolute atomic E-state index is 11.8. The van der Waals surface area contributed by atoms with E-state index < -0.39 is 5.97 Å². The highest BCUT2D eigenvalue weighted by Gasteiger charge is 2.25. The molecule has 6 heteroatoms. The minimum atomic E-state index is -0.990. The predicted octanol–water partition coefficient (Wildman–Crippen LogP) is 0.918. The SMILES string of the molecule is CCCN(CC(=O)O)C(=O)NCC1CCOC1C. The number of hydrogen-bond donors (Lipinski definition) is 2. The van der Waals surface area contributed by atoms with Gasteiger partial charge in [0, 0.05) is 25.6 Å². The number of nitrogens with zero attached hydrogens (tertiary/aromatic N) is 1. The van der Waals surface area contributed by atoms with Gasteiger partial charge in [0.2, 0.25) is 0 Å². The average molecular weight is 258 g/mol. The molecule has 0 saturated carbocycles. The highest BCUT2D eigenvalue weighted by molar-refractivity contribution is 5.80. The van der Waals surface area contributed by atoms with Crippen LogP contribution in [0.1, 0.15) is 26.7 Å². The number of aliphatic carboxylic acids is 1. The number of carbonyl (C=O) groups is 2. The number of carboxylic acid groups (broad SMARTS) is 1. The molecule has 104 valence electrons. The topological polar surface area (TPSA) is 78.9 Å². The van der Waals surface area contributed by atoms with Crippen molar-refractivity contribution in [1.29, 1.82) is 0 Å². The molecule has 2 unspecified atom stereocenters. The fraction of sp³-hybridized carbons (Fsp3) is 0.833. The van der Waals surface area contributed by atoms with Crippen molar-refractivity contribution in [3.8, 4) is 0 Å². The van der Waals surface area contributed by atoms with E-state index in [-0.39, 0.29) is 18.7 Å². The zero-order valence-electron chi connectivity index (χ0n) is 11.0. The monoisotopic (exact) mass is 258 g/mol. The Balaban J connectivity index is 2.38. The Hall–Kier alpha value is -1.30. The number of urea groups is 1. The number of carbonyl (C=O) groups excluding carboxylic acids is 1. The number of rotatable bonds is 6. The van der Waals surface area contributed by atoms with Crippen LogP contribution < -0.4 is 5.32 Å². The summed E-state index contributed by atoms with van der Waals surface area (Å²) in [6.07, 6.45) is 1.84. The quantitative estimate of drug-likeness (QED) is 0.742. The lowest BCUT2D eigenvalue weighted by Gasteiger charge is -2.22. The first-order valence-electron chi connectivity index (χ1n) is 6.40. The van der Waals surface area contributed by atoms with Crippen LogP contribution in [0.15, 0.2) is 0 Å². The number of hydrogen-bond acceptors (Lipinski definition) is 3. The maximum Gasteiger partial charge on any atom is 0.323 e. The molecule has 1 rings (SSSR count). The maximum atomic E-state index is 11.8. The van der Waals surface area contributed by atoms with Crippen LogP contribution in [-0.4, -0.2) is 54.4 Å². The van der Waals surface area contributed by atoms with Gasteiger partial charge in [-0.3, -0.25) is 4.79 Å². The van der Waals surface area contributed by atoms with Crippen LogP contribution in [0.4, 0.5) is 4.79 Å². The molecule has 2 atom stereocenters. The number of carboxylic acids is 1. The van der Waals surface area contributed by atoms with Gasteiger partial charge in [-0.2, -0.15) is 0 Å². The molecule has 0 aromatic rings. The second-order valence-corrected chi connectivity index (χ2v) is 4.63. The van der Waals surface area contributed by atoms with Gasteiger partial charge >= 0.3 is 12.0 Å². The molecule has 0 aliphatic carbocycles. The van der Waals surface area contributed by atoms with E-state index in [4.69, 9.17) is 9.84 Å². The Morgan fingerprint density at radius 1 is 1.50 bits per heavy atom. The van der Waals surface area contributed by atoms with E-state index >= 15 is 0 Å². The first-order valence-corrected chi connectivity index (χ1v) is 6.40. The Bertz CT molecular complexity index is 296. The van der Waals surface area contributed by atoms with E-state index in [2.05, 4.69) is 5.32 Å². The lowest BCUT2D eigenvalue weighted by molar-refractivity contribution is -0.137. The molecule has 1 aliphatic rings. The molecule has 1 heterocycles. The van der Waals surface area contributed by atoms with Gasteiger partial charge in [0.25, 0.3) is 0 Å². The summed E-state index contributed by atoms with van der Waals surface area (Å²) in [4.78, 5) is 23.8. The fourth-order valence-electron chi connectivity index (χ4n) is 2.06. The Kier molecular flexibility index (Phi) is 5.91. The van der Waals surface area contributed by atoms with Crippen LogP contribution in [0.5, 0.6) is 0 Å². The molecular weight excluding hydrogens is 236 g/mol. The molecule has 0 radical (unpaired) electrons. The van der Waals surface area contributed by atoms with Crippen LogP contribution in [0.2, 0.25) is 0 Å². The van der Waals surface area contributed by atoms with Crippen LogP contribution in [0.25, 0.3) is 0 Å². The van der Waals surface area contributed by atoms with Crippen LogP contribution in [0, 0.1) is 5.92 Å². The first-order chi connectivity index (χ1) is 8.54. The minimum Gasteiger partial charge on any atom is -0.480 e. The summed E-state index contributed by atoms with van der Waals surface area (Å²) in [5.74, 6) is -0.668. The number of amides is 2. The molecule has 0 bridgehead atoms. The second kappa shape index (κ2) is 7.20. The Morgan fingerprint density at radius 2 is 2.22 bits per heavy atom. The summed E-state index contributed by atoms with van der Waals surface area (Å²) in [5, 5.41) is 11.5. The highest BCUT2D eigenvalue weighted by atomic mass is 16.5. The number of nitrogens with one attached hydrogen (secondary N) is 1. The molecule has 18 heavy (non-hydrogen) atoms. The third-order valence-electron chi connectivity index (χ3n) is 3.16. The molecule has 1 aliphatic heterocycles. The summed E-state index contributed by atoms with van der Waals surface area (Å²) in [6.45, 7) is 5.38. The molecule has 6 nitrogen and oxygen atoms in total. The van der Waals surface area contributed by atoms with Crippen molar-refractivity contribution in [1.82, 2.24) is 10.2 Å². The third-order valence-corrected chi connectivity index (χ3v) is 3.16. The molecule has 0 aromatic heterocycles. The first kappa shape index (κ1) is 14.8. The summed E-state index contributed by atoms with van der Waals surface area (Å²) in [5.41, 5.74) is 0. The van der Waals surface area contributed by atoms with Gasteiger partial charge in [0.15, 0.2) is 0 Å². The molecule has 0 aromatic carbocycles. The normalized spacial score (nSPS) is 22.8. The zero-order valence-corrected chi connectivity index (χ0v) is 11.0. The Labute approximate surface area is 107 Å². The van der Waals surface area contributed by atoms with E-state index in [1.807, 2.05) is 13.8 Å². The van der Waals surface area contributed by atoms with Crippen LogP contribution in [-0.2, 0) is 9.53 Å². The standard InChI is InChI=1S/C12H22N2O4/c1-3-5-14(8-11(15)16)12(17)13-7-10-4-6-18-9(10)2/h9-10H,3-8H2,1-2H3,(H,13,17)(H,15,16). The minimum absolute atomic E-state index is 0.157. The molecule has 2 N–H and O–H groups in total. The van der Waals surface area contributed by atoms with Gasteiger partial charge in [-0.15, -0.1) is 0 Å². The van der Waals surface area contributed by atoms with Gasteiger partial charge < -0.3 is 20.1 Å². The van der Waals surface area contributed by atoms with E-state index in [0.717, 1.165) is 19.4 Å². The summed E-state index contributed by atoms with van der Waals surface area (Å²) in [6, 6.07) is -0.307. The van der Waals surface area contributed by atoms with Crippen molar-refractivity contribution < 1.29 is 19.4 Å². The molecule has 1 fully saturated rings. The van der Waals surface area contributed by atoms with Crippen LogP contribution >= 0.6 is 0 Å². The zero-order chi connectivity index (χ0) is 13.5. The number of ether oxygens (including phenoxy) is 1. The van der Waals surface area contributed by atoms with Gasteiger partial charge in [-0.1, -0.05) is 6.92 Å². The Morgan fingerprint density at radius 3 is 2.72 bits per heavy atom. The second-order valence-electron chi connectivity index (χ2n) is 4.63. The van der Waals surface area contributed by atoms with Crippen molar-refractivity contribution in [3.63, 3.8) is 0 Å². The lowest BCUT2D eigenvalue weighted by atomic mass is 10.0. The smallest absolute Gasteiger partial charge is 0.323 e.